The maximum atomic E-state index is 17.1. The van der Waals surface area contributed by atoms with Crippen molar-refractivity contribution in [1.82, 2.24) is 0 Å². The van der Waals surface area contributed by atoms with Crippen LogP contribution in [0.4, 0.5) is 4.39 Å². The number of aliphatic hydroxyl groups excluding tert-OH is 1. The summed E-state index contributed by atoms with van der Waals surface area (Å²) in [5, 5.41) is 32.1. The second kappa shape index (κ2) is 5.71. The highest BCUT2D eigenvalue weighted by atomic mass is 19.1. The zero-order valence-electron chi connectivity index (χ0n) is 20.5. The molecule has 0 saturated heterocycles. The van der Waals surface area contributed by atoms with Crippen LogP contribution in [0.25, 0.3) is 0 Å². The fourth-order valence-corrected chi connectivity index (χ4v) is 6.67. The maximum Gasteiger partial charge on any atom is 0.190 e. The molecular weight excluding hydrogens is 351 g/mol. The number of ketones is 2. The average Bonchev–Trinajstić information content (AvgIpc) is 2.91. The molecule has 0 aromatic rings. The predicted octanol–water partition coefficient (Wildman–Crippen LogP) is 1.87. The Kier molecular flexibility index (Phi) is 2.95. The topological polar surface area (TPSA) is 94.8 Å². The minimum absolute atomic E-state index is 0.133. The van der Waals surface area contributed by atoms with E-state index in [0.29, 0.717) is 0 Å². The molecule has 3 saturated carbocycles. The van der Waals surface area contributed by atoms with E-state index in [9.17, 15) is 24.9 Å². The molecule has 0 aromatic carbocycles. The van der Waals surface area contributed by atoms with Crippen LogP contribution in [0.15, 0.2) is 11.6 Å². The van der Waals surface area contributed by atoms with Crippen molar-refractivity contribution in [1.29, 1.82) is 0 Å². The molecule has 4 aliphatic rings. The molecule has 27 heavy (non-hydrogen) atoms. The summed E-state index contributed by atoms with van der Waals surface area (Å²) in [6, 6.07) is -0.550. The number of carbonyl (C=O) groups is 2. The van der Waals surface area contributed by atoms with Crippen LogP contribution in [-0.4, -0.2) is 50.8 Å². The van der Waals surface area contributed by atoms with Crippen molar-refractivity contribution < 1.29 is 36.2 Å². The summed E-state index contributed by atoms with van der Waals surface area (Å²) in [5.74, 6) is -3.96. The third-order valence-corrected chi connectivity index (χ3v) is 8.27. The molecule has 5 nitrogen and oxygen atoms in total. The SMILES string of the molecule is [2H]C1=C2CC[C@H]3[C@@H]4CC[C@](O)(C(=O)C([2H])([2H])O)[C@@]4(C)C[C@H](O)C3(F)[C@@]2(C)CC([2H])([2H])C1=O. The number of fused-ring (bicyclic) bond motifs is 5. The van der Waals surface area contributed by atoms with Gasteiger partial charge in [0.05, 0.1) is 10.2 Å². The maximum absolute atomic E-state index is 17.1. The van der Waals surface area contributed by atoms with Crippen molar-refractivity contribution >= 4 is 11.6 Å². The molecule has 150 valence electrons. The number of hydrogen-bond acceptors (Lipinski definition) is 5. The van der Waals surface area contributed by atoms with Gasteiger partial charge >= 0.3 is 0 Å². The van der Waals surface area contributed by atoms with Crippen molar-refractivity contribution in [3.8, 4) is 0 Å². The number of Topliss-reactive ketones (excluding diaryl/α,β-unsaturated/α-hetero) is 1. The largest absolute Gasteiger partial charge is 0.390 e. The number of hydrogen-bond donors (Lipinski definition) is 3. The van der Waals surface area contributed by atoms with Gasteiger partial charge in [-0.15, -0.1) is 0 Å². The smallest absolute Gasteiger partial charge is 0.190 e. The Morgan fingerprint density at radius 3 is 2.78 bits per heavy atom. The molecule has 0 heterocycles. The van der Waals surface area contributed by atoms with E-state index in [1.807, 2.05) is 0 Å². The van der Waals surface area contributed by atoms with Crippen molar-refractivity contribution in [2.75, 3.05) is 6.56 Å². The van der Waals surface area contributed by atoms with E-state index in [0.717, 1.165) is 0 Å². The number of allylic oxidation sites excluding steroid dienone is 1. The molecule has 4 aliphatic carbocycles. The van der Waals surface area contributed by atoms with Crippen LogP contribution >= 0.6 is 0 Å². The normalized spacial score (nSPS) is 57.3. The van der Waals surface area contributed by atoms with Gasteiger partial charge in [-0.1, -0.05) is 19.4 Å². The van der Waals surface area contributed by atoms with Gasteiger partial charge in [0.25, 0.3) is 0 Å². The number of rotatable bonds is 2. The highest BCUT2D eigenvalue weighted by Gasteiger charge is 2.74. The van der Waals surface area contributed by atoms with Gasteiger partial charge in [0.2, 0.25) is 0 Å². The summed E-state index contributed by atoms with van der Waals surface area (Å²) < 4.78 is 56.4. The first kappa shape index (κ1) is 14.0. The molecule has 0 bridgehead atoms. The zero-order valence-corrected chi connectivity index (χ0v) is 15.5. The lowest BCUT2D eigenvalue weighted by atomic mass is 9.44. The van der Waals surface area contributed by atoms with Crippen LogP contribution < -0.4 is 0 Å². The Labute approximate surface area is 165 Å². The standard InChI is InChI=1S/C21H29FO5/c1-18-7-5-13(24)9-12(18)3-4-15-14-6-8-20(27,17(26)11-23)19(14,2)10-16(25)21(15,18)22/h9,14-16,23,25,27H,3-8,10-11H2,1-2H3/t14-,15-,16-,18-,19-,20-,21?/m0/s1/i5D2,9D,11D2. The first-order valence-electron chi connectivity index (χ1n) is 12.0. The Morgan fingerprint density at radius 2 is 2.11 bits per heavy atom. The molecule has 7 atom stereocenters. The Bertz CT molecular complexity index is 934. The van der Waals surface area contributed by atoms with Crippen molar-refractivity contribution in [3.63, 3.8) is 0 Å². The van der Waals surface area contributed by atoms with Crippen LogP contribution in [0.5, 0.6) is 0 Å². The quantitative estimate of drug-likeness (QED) is 0.675. The third-order valence-electron chi connectivity index (χ3n) is 8.27. The van der Waals surface area contributed by atoms with Gasteiger partial charge in [-0.2, -0.15) is 0 Å². The summed E-state index contributed by atoms with van der Waals surface area (Å²) >= 11 is 0. The second-order valence-electron chi connectivity index (χ2n) is 9.12. The van der Waals surface area contributed by atoms with Crippen molar-refractivity contribution in [2.24, 2.45) is 22.7 Å². The minimum Gasteiger partial charge on any atom is -0.390 e. The van der Waals surface area contributed by atoms with Crippen LogP contribution in [0.2, 0.25) is 0 Å². The summed E-state index contributed by atoms with van der Waals surface area (Å²) in [7, 11) is 0. The van der Waals surface area contributed by atoms with Crippen molar-refractivity contribution in [3.05, 3.63) is 11.6 Å². The number of aliphatic hydroxyl groups is 3. The molecular formula is C21H29FO5. The first-order chi connectivity index (χ1) is 14.4. The number of alkyl halides is 1. The van der Waals surface area contributed by atoms with Gasteiger partial charge in [0, 0.05) is 25.9 Å². The second-order valence-corrected chi connectivity index (χ2v) is 9.12. The van der Waals surface area contributed by atoms with Gasteiger partial charge < -0.3 is 15.3 Å². The fraction of sp³-hybridized carbons (Fsp3) is 0.810. The molecule has 3 fully saturated rings. The summed E-state index contributed by atoms with van der Waals surface area (Å²) in [5.41, 5.74) is -7.55. The average molecular weight is 385 g/mol. The lowest BCUT2D eigenvalue weighted by Crippen LogP contribution is -2.69. The third kappa shape index (κ3) is 2.10. The first-order valence-corrected chi connectivity index (χ1v) is 9.49. The van der Waals surface area contributed by atoms with Gasteiger partial charge in [-0.3, -0.25) is 9.59 Å². The molecule has 4 rings (SSSR count). The molecule has 0 aromatic heterocycles. The molecule has 6 heteroatoms. The zero-order chi connectivity index (χ0) is 24.3. The van der Waals surface area contributed by atoms with E-state index in [2.05, 4.69) is 0 Å². The Hall–Kier alpha value is -1.11. The van der Waals surface area contributed by atoms with E-state index in [1.165, 1.54) is 13.8 Å². The number of halogens is 1. The molecule has 0 spiro atoms. The van der Waals surface area contributed by atoms with E-state index in [1.54, 1.807) is 0 Å². The van der Waals surface area contributed by atoms with Gasteiger partial charge in [0.1, 0.15) is 17.8 Å². The summed E-state index contributed by atoms with van der Waals surface area (Å²) in [6.07, 6.45) is -4.90. The Balaban J connectivity index is 1.84. The van der Waals surface area contributed by atoms with Gasteiger partial charge in [0.15, 0.2) is 11.6 Å². The fourth-order valence-electron chi connectivity index (χ4n) is 6.67. The van der Waals surface area contributed by atoms with Crippen LogP contribution in [0.3, 0.4) is 0 Å². The van der Waals surface area contributed by atoms with Crippen molar-refractivity contribution in [2.45, 2.75) is 76.1 Å². The highest BCUT2D eigenvalue weighted by molar-refractivity contribution is 5.92. The molecule has 0 amide bonds. The summed E-state index contributed by atoms with van der Waals surface area (Å²) in [6.45, 7) is -0.349. The van der Waals surface area contributed by atoms with E-state index in [-0.39, 0.29) is 31.3 Å². The van der Waals surface area contributed by atoms with Gasteiger partial charge in [-0.05, 0) is 50.5 Å². The van der Waals surface area contributed by atoms with Crippen LogP contribution in [-0.2, 0) is 9.59 Å². The molecule has 0 aliphatic heterocycles. The highest BCUT2D eigenvalue weighted by Crippen LogP contribution is 2.70. The van der Waals surface area contributed by atoms with Crippen LogP contribution in [0.1, 0.15) is 65.6 Å². The Morgan fingerprint density at radius 1 is 1.41 bits per heavy atom. The van der Waals surface area contributed by atoms with E-state index < -0.39 is 83.4 Å². The number of carbonyl (C=O) groups excluding carboxylic acids is 2. The molecule has 1 unspecified atom stereocenters. The van der Waals surface area contributed by atoms with E-state index >= 15 is 4.39 Å². The van der Waals surface area contributed by atoms with E-state index in [4.69, 9.17) is 6.85 Å². The lowest BCUT2D eigenvalue weighted by molar-refractivity contribution is -0.226. The van der Waals surface area contributed by atoms with Crippen LogP contribution in [0, 0.1) is 22.7 Å². The monoisotopic (exact) mass is 385 g/mol. The van der Waals surface area contributed by atoms with Gasteiger partial charge in [-0.25, -0.2) is 4.39 Å². The predicted molar refractivity (Wildman–Crippen MR) is 95.5 cm³/mol. The molecule has 0 radical (unpaired) electrons. The lowest BCUT2D eigenvalue weighted by Gasteiger charge is -2.63. The molecule has 3 N–H and O–H groups in total. The minimum atomic E-state index is -3.30. The summed E-state index contributed by atoms with van der Waals surface area (Å²) in [4.78, 5) is 25.0.